The van der Waals surface area contributed by atoms with Crippen LogP contribution in [0.2, 0.25) is 0 Å². The highest BCUT2D eigenvalue weighted by Gasteiger charge is 2.39. The molecule has 606 valence electrons. The molecule has 11 atom stereocenters. The largest absolute Gasteiger partial charge is 0.480 e. The summed E-state index contributed by atoms with van der Waals surface area (Å²) in [6.45, 7) is 4.30. The van der Waals surface area contributed by atoms with Crippen LogP contribution in [0, 0.1) is 17.2 Å². The molecule has 7 rings (SSSR count). The number of carboxylic acids is 1. The van der Waals surface area contributed by atoms with Crippen LogP contribution < -0.4 is 80.6 Å². The third kappa shape index (κ3) is 27.6. The van der Waals surface area contributed by atoms with E-state index in [-0.39, 0.29) is 105 Å². The second-order valence-electron chi connectivity index (χ2n) is 27.0. The van der Waals surface area contributed by atoms with Gasteiger partial charge in [-0.05, 0) is 43.9 Å². The van der Waals surface area contributed by atoms with Crippen molar-refractivity contribution < 1.29 is 77.3 Å². The molecule has 6 aromatic heterocycles. The van der Waals surface area contributed by atoms with E-state index in [2.05, 4.69) is 129 Å². The number of H-pyrrole nitrogens is 6. The van der Waals surface area contributed by atoms with Gasteiger partial charge in [-0.3, -0.25) is 67.7 Å². The number of rotatable bonds is 46. The van der Waals surface area contributed by atoms with Crippen molar-refractivity contribution in [2.45, 2.75) is 165 Å². The van der Waals surface area contributed by atoms with Crippen molar-refractivity contribution in [3.8, 4) is 0 Å². The van der Waals surface area contributed by atoms with Gasteiger partial charge < -0.3 is 126 Å². The van der Waals surface area contributed by atoms with Crippen LogP contribution in [-0.4, -0.2) is 269 Å². The average molecular weight is 1560 g/mol. The Morgan fingerprint density at radius 1 is 0.473 bits per heavy atom. The first-order valence-corrected chi connectivity index (χ1v) is 35.9. The predicted molar refractivity (Wildman–Crippen MR) is 391 cm³/mol. The third-order valence-electron chi connectivity index (χ3n) is 17.5. The zero-order chi connectivity index (χ0) is 81.4. The number of carboxylic acid groups (broad SMARTS) is 1. The van der Waals surface area contributed by atoms with Gasteiger partial charge in [0, 0.05) is 88.8 Å². The van der Waals surface area contributed by atoms with Gasteiger partial charge in [-0.15, -0.1) is 0 Å². The van der Waals surface area contributed by atoms with Crippen LogP contribution in [0.25, 0.3) is 0 Å². The van der Waals surface area contributed by atoms with Crippen LogP contribution in [0.3, 0.4) is 0 Å². The van der Waals surface area contributed by atoms with Gasteiger partial charge in [0.2, 0.25) is 76.8 Å². The highest BCUT2D eigenvalue weighted by atomic mass is 16.4. The molecular formula is C67H97N29O16. The van der Waals surface area contributed by atoms with Crippen molar-refractivity contribution in [1.29, 1.82) is 5.41 Å². The fourth-order valence-corrected chi connectivity index (χ4v) is 11.8. The molecule has 0 spiro atoms. The SMILES string of the molecule is CC(C)C[C@H](NC(=O)[C@@H]1CCCN1C(=O)CN)C(=O)NCC(=O)N[C@H](C(=O)N[C@@H](CCCNC(=N)N)C(=O)NCC(=O)N[C@@H](CO)C(=O)N[C@@H](Cc1c[nH]cn1)C(=O)N[C@@H](Cc1c[nH]cn1)C(=O)N[C@@H](Cc1c[nH]cn1)C(=O)N[C@@H](Cc1c[nH]cn1)C(=O)N[C@@H](Cc1c[nH]cn1)C(=O)N[C@@H](Cc1c[nH]cn1)C(=O)O)C(C)C. The minimum Gasteiger partial charge on any atom is -0.480 e. The molecule has 0 aromatic carbocycles. The lowest BCUT2D eigenvalue weighted by Crippen LogP contribution is -2.61. The van der Waals surface area contributed by atoms with Gasteiger partial charge in [0.15, 0.2) is 5.96 Å². The van der Waals surface area contributed by atoms with Crippen molar-refractivity contribution >= 4 is 88.7 Å². The maximum atomic E-state index is 14.9. The Morgan fingerprint density at radius 3 is 1.17 bits per heavy atom. The van der Waals surface area contributed by atoms with E-state index in [4.69, 9.17) is 16.9 Å². The minimum atomic E-state index is -1.83. The Labute approximate surface area is 639 Å². The van der Waals surface area contributed by atoms with Crippen LogP contribution >= 0.6 is 0 Å². The number of aliphatic hydroxyl groups is 1. The highest BCUT2D eigenvalue weighted by Crippen LogP contribution is 2.19. The molecule has 45 nitrogen and oxygen atoms in total. The van der Waals surface area contributed by atoms with Crippen LogP contribution in [0.5, 0.6) is 0 Å². The summed E-state index contributed by atoms with van der Waals surface area (Å²) in [7, 11) is 0. The molecule has 13 amide bonds. The zero-order valence-electron chi connectivity index (χ0n) is 61.8. The van der Waals surface area contributed by atoms with Crippen LogP contribution in [-0.2, 0) is 106 Å². The Bertz CT molecular complexity index is 4080. The van der Waals surface area contributed by atoms with Gasteiger partial charge in [0.1, 0.15) is 66.5 Å². The van der Waals surface area contributed by atoms with Crippen molar-refractivity contribution in [3.05, 3.63) is 109 Å². The van der Waals surface area contributed by atoms with Crippen LogP contribution in [0.1, 0.15) is 94.0 Å². The molecule has 45 heteroatoms. The summed E-state index contributed by atoms with van der Waals surface area (Å²) < 4.78 is 0. The number of guanidine groups is 1. The molecule has 6 aromatic rings. The van der Waals surface area contributed by atoms with Crippen molar-refractivity contribution in [2.75, 3.05) is 39.3 Å². The number of carbonyl (C=O) groups is 14. The maximum Gasteiger partial charge on any atom is 0.326 e. The molecule has 0 aliphatic carbocycles. The lowest BCUT2D eigenvalue weighted by molar-refractivity contribution is -0.142. The number of likely N-dealkylation sites (tertiary alicyclic amines) is 1. The number of hydrogen-bond acceptors (Lipinski definition) is 23. The molecule has 1 saturated heterocycles. The highest BCUT2D eigenvalue weighted by molar-refractivity contribution is 6.00. The predicted octanol–water partition coefficient (Wildman–Crippen LogP) is -8.15. The van der Waals surface area contributed by atoms with Gasteiger partial charge in [0.05, 0.1) is 98.4 Å². The third-order valence-corrected chi connectivity index (χ3v) is 17.5. The van der Waals surface area contributed by atoms with Gasteiger partial charge in [-0.1, -0.05) is 27.7 Å². The monoisotopic (exact) mass is 1560 g/mol. The second-order valence-corrected chi connectivity index (χ2v) is 27.0. The van der Waals surface area contributed by atoms with Crippen molar-refractivity contribution in [1.82, 2.24) is 134 Å². The summed E-state index contributed by atoms with van der Waals surface area (Å²) >= 11 is 0. The summed E-state index contributed by atoms with van der Waals surface area (Å²) in [6, 6.07) is -16.0. The fourth-order valence-electron chi connectivity index (χ4n) is 11.8. The lowest BCUT2D eigenvalue weighted by atomic mass is 10.0. The Kier molecular flexibility index (Phi) is 33.3. The van der Waals surface area contributed by atoms with Gasteiger partial charge >= 0.3 is 5.97 Å². The van der Waals surface area contributed by atoms with E-state index in [0.29, 0.717) is 25.1 Å². The van der Waals surface area contributed by atoms with E-state index in [1.807, 2.05) is 13.8 Å². The van der Waals surface area contributed by atoms with Crippen molar-refractivity contribution in [2.24, 2.45) is 23.3 Å². The maximum absolute atomic E-state index is 14.9. The number of aromatic amines is 6. The zero-order valence-corrected chi connectivity index (χ0v) is 61.8. The number of nitrogens with one attached hydrogen (secondary N) is 20. The molecule has 7 heterocycles. The smallest absolute Gasteiger partial charge is 0.326 e. The Morgan fingerprint density at radius 2 is 0.830 bits per heavy atom. The second kappa shape index (κ2) is 43.3. The summed E-state index contributed by atoms with van der Waals surface area (Å²) in [5, 5.41) is 61.2. The molecule has 1 aliphatic rings. The van der Waals surface area contributed by atoms with Crippen LogP contribution in [0.4, 0.5) is 0 Å². The molecule has 112 heavy (non-hydrogen) atoms. The number of carbonyl (C=O) groups excluding carboxylic acids is 13. The Hall–Kier alpha value is -13.0. The van der Waals surface area contributed by atoms with E-state index in [1.165, 1.54) is 80.0 Å². The fraction of sp³-hybridized carbons (Fsp3) is 0.507. The number of amides is 13. The number of aliphatic hydroxyl groups excluding tert-OH is 1. The minimum absolute atomic E-state index is 0.0507. The van der Waals surface area contributed by atoms with E-state index < -0.39 is 181 Å². The molecule has 0 bridgehead atoms. The Balaban J connectivity index is 1.01. The molecule has 0 radical (unpaired) electrons. The molecule has 1 aliphatic heterocycles. The average Bonchev–Trinajstić information content (AvgIpc) is 1.61. The van der Waals surface area contributed by atoms with E-state index in [0.717, 1.165) is 0 Å². The molecular weight excluding hydrogens is 1470 g/mol. The first-order chi connectivity index (χ1) is 53.6. The molecule has 0 saturated carbocycles. The van der Waals surface area contributed by atoms with Gasteiger partial charge in [-0.25, -0.2) is 34.7 Å². The van der Waals surface area contributed by atoms with E-state index >= 15 is 0 Å². The number of imidazole rings is 6. The number of aromatic nitrogens is 12. The van der Waals surface area contributed by atoms with E-state index in [9.17, 15) is 77.3 Å². The summed E-state index contributed by atoms with van der Waals surface area (Å²) in [4.78, 5) is 237. The lowest BCUT2D eigenvalue weighted by Gasteiger charge is -2.27. The summed E-state index contributed by atoms with van der Waals surface area (Å²) in [6.07, 6.45) is 15.6. The summed E-state index contributed by atoms with van der Waals surface area (Å²) in [5.74, 6) is -14.0. The van der Waals surface area contributed by atoms with Gasteiger partial charge in [-0.2, -0.15) is 0 Å². The van der Waals surface area contributed by atoms with E-state index in [1.54, 1.807) is 13.8 Å². The number of hydrogen-bond donors (Lipinski definition) is 24. The topological polar surface area (TPSA) is 687 Å². The first kappa shape index (κ1) is 86.3. The van der Waals surface area contributed by atoms with Crippen LogP contribution in [0.15, 0.2) is 75.1 Å². The first-order valence-electron chi connectivity index (χ1n) is 35.9. The standard InChI is InChI=1S/C67H97N29O16/c1-34(2)11-43(93-64(109)51-8-6-10-96(51)54(100)18-68)57(102)79-26-53(99)95-55(35(3)4)65(110)87-42(7-5-9-77-67(69)70)56(101)78-25-52(98)86-50(27-97)63(108)92-47(15-39-22-74-31-83-39)61(106)90-45(13-37-20-72-29-81-37)59(104)88-44(12-36-19-71-28-80-36)58(103)89-46(14-38-21-73-30-82-38)60(105)91-48(16-40-23-75-32-84-40)62(107)94-49(66(111)112)17-41-24-76-33-85-41/h19-24,28-35,42-51,55,97H,5-18,25-27,68H2,1-4H3,(H,71,80)(H,72,81)(H,73,82)(H,74,83)(H,75,84)(H,76,85)(H,78,101)(H,79,102)(H,86,98)(H,87,110)(H,88,104)(H,89,103)(H,90,106)(H,91,105)(H,92,108)(H,93,109)(H,94,107)(H,95,99)(H,111,112)(H4,69,70,77)/t42-,43-,44-,45-,46-,47-,48-,49-,50-,51-,55-/m0/s1. The van der Waals surface area contributed by atoms with Gasteiger partial charge in [0.25, 0.3) is 0 Å². The molecule has 1 fully saturated rings. The number of aliphatic carboxylic acids is 1. The summed E-state index contributed by atoms with van der Waals surface area (Å²) in [5.41, 5.74) is 12.5. The normalized spacial score (nSPS) is 15.2. The molecule has 26 N–H and O–H groups in total. The number of nitrogens with zero attached hydrogens (tertiary/aromatic N) is 7. The van der Waals surface area contributed by atoms with Crippen molar-refractivity contribution in [3.63, 3.8) is 0 Å². The number of nitrogens with two attached hydrogens (primary N) is 2. The molecule has 0 unspecified atom stereocenters. The quantitative estimate of drug-likeness (QED) is 0.00959.